The van der Waals surface area contributed by atoms with E-state index in [0.29, 0.717) is 5.56 Å². The normalized spacial score (nSPS) is 12.7. The topological polar surface area (TPSA) is 61.7 Å². The fourth-order valence-electron chi connectivity index (χ4n) is 0.813. The average Bonchev–Trinajstić information content (AvgIpc) is 2.20. The van der Waals surface area contributed by atoms with Gasteiger partial charge in [-0.15, -0.1) is 0 Å². The molecule has 1 rings (SSSR count). The van der Waals surface area contributed by atoms with Gasteiger partial charge in [-0.3, -0.25) is 4.79 Å². The first-order chi connectivity index (χ1) is 7.09. The van der Waals surface area contributed by atoms with Crippen LogP contribution in [0.5, 0.6) is 0 Å². The third-order valence-corrected chi connectivity index (χ3v) is 1.64. The summed E-state index contributed by atoms with van der Waals surface area (Å²) in [4.78, 5) is 10.9. The highest BCUT2D eigenvalue weighted by molar-refractivity contribution is 5.83. The van der Waals surface area contributed by atoms with E-state index in [4.69, 9.17) is 5.11 Å². The van der Waals surface area contributed by atoms with Crippen LogP contribution < -0.4 is 5.43 Å². The minimum atomic E-state index is -1.10. The molecule has 15 heavy (non-hydrogen) atoms. The van der Waals surface area contributed by atoms with Crippen molar-refractivity contribution in [1.82, 2.24) is 5.43 Å². The molecule has 0 heterocycles. The first-order valence-electron chi connectivity index (χ1n) is 4.36. The molecule has 5 heteroatoms. The summed E-state index contributed by atoms with van der Waals surface area (Å²) < 4.78 is 12.5. The number of carbonyl (C=O) groups is 1. The molecule has 1 aromatic carbocycles. The first kappa shape index (κ1) is 11.3. The molecule has 1 unspecified atom stereocenters. The van der Waals surface area contributed by atoms with Crippen LogP contribution in [0.15, 0.2) is 29.4 Å². The molecule has 2 N–H and O–H groups in total. The Labute approximate surface area is 86.4 Å². The highest BCUT2D eigenvalue weighted by Crippen LogP contribution is 1.99. The van der Waals surface area contributed by atoms with Gasteiger partial charge in [0.1, 0.15) is 11.9 Å². The summed E-state index contributed by atoms with van der Waals surface area (Å²) in [6, 6.07) is 5.62. The predicted molar refractivity (Wildman–Crippen MR) is 53.8 cm³/mol. The van der Waals surface area contributed by atoms with Crippen molar-refractivity contribution in [2.75, 3.05) is 0 Å². The van der Waals surface area contributed by atoms with Gasteiger partial charge in [0.15, 0.2) is 0 Å². The van der Waals surface area contributed by atoms with Gasteiger partial charge in [0.25, 0.3) is 5.91 Å². The molecule has 1 atom stereocenters. The molecule has 0 aliphatic heterocycles. The lowest BCUT2D eigenvalue weighted by molar-refractivity contribution is -0.128. The molecular weight excluding hydrogens is 199 g/mol. The van der Waals surface area contributed by atoms with Crippen LogP contribution in [0.4, 0.5) is 4.39 Å². The van der Waals surface area contributed by atoms with Crippen molar-refractivity contribution in [3.8, 4) is 0 Å². The zero-order valence-corrected chi connectivity index (χ0v) is 8.14. The Kier molecular flexibility index (Phi) is 3.93. The van der Waals surface area contributed by atoms with E-state index in [-0.39, 0.29) is 5.82 Å². The van der Waals surface area contributed by atoms with Gasteiger partial charge in [-0.1, -0.05) is 12.1 Å². The quantitative estimate of drug-likeness (QED) is 0.568. The number of nitrogens with zero attached hydrogens (tertiary/aromatic N) is 1. The Balaban J connectivity index is 2.51. The number of benzene rings is 1. The van der Waals surface area contributed by atoms with Crippen molar-refractivity contribution in [2.24, 2.45) is 5.10 Å². The lowest BCUT2D eigenvalue weighted by atomic mass is 10.2. The average molecular weight is 210 g/mol. The second-order valence-corrected chi connectivity index (χ2v) is 2.96. The molecule has 0 aliphatic rings. The smallest absolute Gasteiger partial charge is 0.268 e. The fourth-order valence-corrected chi connectivity index (χ4v) is 0.813. The summed E-state index contributed by atoms with van der Waals surface area (Å²) in [5.74, 6) is -0.923. The van der Waals surface area contributed by atoms with E-state index in [1.165, 1.54) is 37.4 Å². The maximum atomic E-state index is 12.5. The van der Waals surface area contributed by atoms with E-state index in [1.807, 2.05) is 0 Å². The van der Waals surface area contributed by atoms with Crippen molar-refractivity contribution in [3.05, 3.63) is 35.6 Å². The van der Waals surface area contributed by atoms with Crippen LogP contribution in [0.3, 0.4) is 0 Å². The molecule has 0 saturated carbocycles. The zero-order chi connectivity index (χ0) is 11.3. The van der Waals surface area contributed by atoms with Gasteiger partial charge >= 0.3 is 0 Å². The number of amides is 1. The van der Waals surface area contributed by atoms with Crippen LogP contribution in [0.25, 0.3) is 0 Å². The summed E-state index contributed by atoms with van der Waals surface area (Å²) in [6.07, 6.45) is 0.259. The molecule has 1 amide bonds. The Morgan fingerprint density at radius 2 is 2.13 bits per heavy atom. The van der Waals surface area contributed by atoms with Gasteiger partial charge in [0, 0.05) is 0 Å². The number of aliphatic hydroxyl groups excluding tert-OH is 1. The van der Waals surface area contributed by atoms with Crippen LogP contribution in [-0.4, -0.2) is 23.3 Å². The Morgan fingerprint density at radius 3 is 2.67 bits per heavy atom. The molecule has 0 aliphatic carbocycles. The number of hydrazone groups is 1. The minimum absolute atomic E-state index is 0.333. The van der Waals surface area contributed by atoms with Crippen LogP contribution >= 0.6 is 0 Å². The van der Waals surface area contributed by atoms with Crippen LogP contribution in [0, 0.1) is 5.82 Å². The third kappa shape index (κ3) is 3.86. The van der Waals surface area contributed by atoms with Crippen molar-refractivity contribution in [2.45, 2.75) is 13.0 Å². The van der Waals surface area contributed by atoms with Gasteiger partial charge in [0.2, 0.25) is 0 Å². The van der Waals surface area contributed by atoms with E-state index in [9.17, 15) is 9.18 Å². The Bertz CT molecular complexity index is 360. The molecule has 0 saturated heterocycles. The van der Waals surface area contributed by atoms with Gasteiger partial charge in [-0.25, -0.2) is 9.82 Å². The van der Waals surface area contributed by atoms with Crippen molar-refractivity contribution >= 4 is 12.1 Å². The Morgan fingerprint density at radius 1 is 1.53 bits per heavy atom. The standard InChI is InChI=1S/C10H11FN2O2/c1-7(14)10(15)13-12-6-8-2-4-9(11)5-3-8/h2-7,14H,1H3,(H,13,15). The second kappa shape index (κ2) is 5.21. The largest absolute Gasteiger partial charge is 0.383 e. The zero-order valence-electron chi connectivity index (χ0n) is 8.14. The summed E-state index contributed by atoms with van der Waals surface area (Å²) in [5, 5.41) is 12.4. The molecule has 0 bridgehead atoms. The van der Waals surface area contributed by atoms with E-state index >= 15 is 0 Å². The number of aliphatic hydroxyl groups is 1. The number of carbonyl (C=O) groups excluding carboxylic acids is 1. The van der Waals surface area contributed by atoms with Crippen LogP contribution in [0.2, 0.25) is 0 Å². The van der Waals surface area contributed by atoms with Crippen LogP contribution in [0.1, 0.15) is 12.5 Å². The summed E-state index contributed by atoms with van der Waals surface area (Å²) >= 11 is 0. The molecule has 4 nitrogen and oxygen atoms in total. The predicted octanol–water partition coefficient (Wildman–Crippen LogP) is 0.657. The third-order valence-electron chi connectivity index (χ3n) is 1.64. The molecular formula is C10H11FN2O2. The molecule has 0 fully saturated rings. The number of nitrogens with one attached hydrogen (secondary N) is 1. The first-order valence-corrected chi connectivity index (χ1v) is 4.36. The van der Waals surface area contributed by atoms with E-state index in [1.54, 1.807) is 0 Å². The maximum Gasteiger partial charge on any atom is 0.268 e. The van der Waals surface area contributed by atoms with Gasteiger partial charge < -0.3 is 5.11 Å². The van der Waals surface area contributed by atoms with Gasteiger partial charge in [0.05, 0.1) is 6.21 Å². The van der Waals surface area contributed by atoms with E-state index in [0.717, 1.165) is 0 Å². The lowest BCUT2D eigenvalue weighted by Gasteiger charge is -2.00. The molecule has 0 radical (unpaired) electrons. The minimum Gasteiger partial charge on any atom is -0.383 e. The summed E-state index contributed by atoms with van der Waals surface area (Å²) in [6.45, 7) is 1.34. The number of halogens is 1. The number of rotatable bonds is 3. The van der Waals surface area contributed by atoms with Crippen molar-refractivity contribution in [3.63, 3.8) is 0 Å². The van der Waals surface area contributed by atoms with Gasteiger partial charge in [-0.2, -0.15) is 5.10 Å². The van der Waals surface area contributed by atoms with Gasteiger partial charge in [-0.05, 0) is 24.6 Å². The second-order valence-electron chi connectivity index (χ2n) is 2.96. The molecule has 0 spiro atoms. The molecule has 1 aromatic rings. The summed E-state index contributed by atoms with van der Waals surface area (Å²) in [5.41, 5.74) is 2.79. The SMILES string of the molecule is CC(O)C(=O)NN=Cc1ccc(F)cc1. The van der Waals surface area contributed by atoms with Crippen molar-refractivity contribution in [1.29, 1.82) is 0 Å². The lowest BCUT2D eigenvalue weighted by Crippen LogP contribution is -2.28. The molecule has 80 valence electrons. The Hall–Kier alpha value is -1.75. The number of hydrogen-bond acceptors (Lipinski definition) is 3. The molecule has 0 aromatic heterocycles. The number of hydrogen-bond donors (Lipinski definition) is 2. The van der Waals surface area contributed by atoms with Crippen molar-refractivity contribution < 1.29 is 14.3 Å². The summed E-state index contributed by atoms with van der Waals surface area (Å²) in [7, 11) is 0. The monoisotopic (exact) mass is 210 g/mol. The van der Waals surface area contributed by atoms with E-state index < -0.39 is 12.0 Å². The van der Waals surface area contributed by atoms with E-state index in [2.05, 4.69) is 10.5 Å². The highest BCUT2D eigenvalue weighted by atomic mass is 19.1. The fraction of sp³-hybridized carbons (Fsp3) is 0.200. The maximum absolute atomic E-state index is 12.5. The highest BCUT2D eigenvalue weighted by Gasteiger charge is 2.05. The van der Waals surface area contributed by atoms with Crippen LogP contribution in [-0.2, 0) is 4.79 Å².